The third kappa shape index (κ3) is 0.956. The maximum atomic E-state index is 14.0. The summed E-state index contributed by atoms with van der Waals surface area (Å²) in [5, 5.41) is 0. The number of carbonyl (C=O) groups excluding carboxylic acids is 1. The van der Waals surface area contributed by atoms with Gasteiger partial charge in [-0.1, -0.05) is 0 Å². The van der Waals surface area contributed by atoms with Crippen LogP contribution in [0, 0.1) is 5.82 Å². The minimum atomic E-state index is -0.530. The highest BCUT2D eigenvalue weighted by molar-refractivity contribution is 9.10. The molecule has 1 aromatic rings. The molecule has 1 heterocycles. The largest absolute Gasteiger partial charge is 0.314 e. The summed E-state index contributed by atoms with van der Waals surface area (Å²) in [6.07, 6.45) is 1.55. The second-order valence-electron chi connectivity index (χ2n) is 4.20. The van der Waals surface area contributed by atoms with Crippen LogP contribution >= 0.6 is 15.9 Å². The molecule has 3 rings (SSSR count). The predicted molar refractivity (Wildman–Crippen MR) is 58.4 cm³/mol. The number of amides is 1. The quantitative estimate of drug-likeness (QED) is 0.709. The molecule has 1 saturated carbocycles. The van der Waals surface area contributed by atoms with Crippen molar-refractivity contribution in [2.24, 2.45) is 0 Å². The van der Waals surface area contributed by atoms with E-state index in [-0.39, 0.29) is 11.7 Å². The number of fused-ring (bicyclic) bond motifs is 2. The molecule has 1 aliphatic heterocycles. The van der Waals surface area contributed by atoms with Gasteiger partial charge < -0.3 is 4.90 Å². The fourth-order valence-corrected chi connectivity index (χ4v) is 2.73. The highest BCUT2D eigenvalue weighted by Crippen LogP contribution is 2.58. The second kappa shape index (κ2) is 2.61. The van der Waals surface area contributed by atoms with E-state index >= 15 is 0 Å². The van der Waals surface area contributed by atoms with Crippen molar-refractivity contribution in [2.75, 3.05) is 11.9 Å². The van der Waals surface area contributed by atoms with Gasteiger partial charge in [0.25, 0.3) is 0 Å². The molecule has 0 bridgehead atoms. The molecule has 2 nitrogen and oxygen atoms in total. The van der Waals surface area contributed by atoms with Crippen molar-refractivity contribution in [3.05, 3.63) is 28.0 Å². The Balaban J connectivity index is 2.33. The number of halogens is 2. The average molecular weight is 270 g/mol. The lowest BCUT2D eigenvalue weighted by molar-refractivity contribution is -0.119. The molecule has 0 N–H and O–H groups in total. The van der Waals surface area contributed by atoms with Crippen LogP contribution in [0.4, 0.5) is 10.1 Å². The van der Waals surface area contributed by atoms with Gasteiger partial charge in [0.2, 0.25) is 5.91 Å². The van der Waals surface area contributed by atoms with Crippen molar-refractivity contribution >= 4 is 27.5 Å². The molecule has 1 spiro atoms. The van der Waals surface area contributed by atoms with Gasteiger partial charge in [0, 0.05) is 12.6 Å². The van der Waals surface area contributed by atoms with E-state index in [2.05, 4.69) is 15.9 Å². The van der Waals surface area contributed by atoms with Gasteiger partial charge in [0.05, 0.1) is 15.6 Å². The summed E-state index contributed by atoms with van der Waals surface area (Å²) >= 11 is 3.16. The van der Waals surface area contributed by atoms with Crippen molar-refractivity contribution in [1.82, 2.24) is 0 Å². The number of likely N-dealkylation sites (N-methyl/N-ethyl adjacent to an activating group) is 1. The van der Waals surface area contributed by atoms with E-state index in [1.54, 1.807) is 24.1 Å². The minimum Gasteiger partial charge on any atom is -0.314 e. The zero-order chi connectivity index (χ0) is 10.8. The van der Waals surface area contributed by atoms with E-state index in [0.717, 1.165) is 18.5 Å². The Kier molecular flexibility index (Phi) is 1.63. The molecule has 4 heteroatoms. The molecule has 0 radical (unpaired) electrons. The van der Waals surface area contributed by atoms with Gasteiger partial charge in [0.15, 0.2) is 0 Å². The number of nitrogens with zero attached hydrogens (tertiary/aromatic N) is 1. The van der Waals surface area contributed by atoms with Crippen LogP contribution in [0.2, 0.25) is 0 Å². The first-order chi connectivity index (χ1) is 7.08. The summed E-state index contributed by atoms with van der Waals surface area (Å²) in [5.74, 6) is -0.239. The predicted octanol–water partition coefficient (Wildman–Crippen LogP) is 2.60. The summed E-state index contributed by atoms with van der Waals surface area (Å²) < 4.78 is 14.4. The van der Waals surface area contributed by atoms with Crippen molar-refractivity contribution in [2.45, 2.75) is 18.3 Å². The van der Waals surface area contributed by atoms with Crippen LogP contribution in [0.5, 0.6) is 0 Å². The maximum Gasteiger partial charge on any atom is 0.237 e. The number of hydrogen-bond donors (Lipinski definition) is 0. The number of hydrogen-bond acceptors (Lipinski definition) is 1. The molecular weight excluding hydrogens is 261 g/mol. The van der Waals surface area contributed by atoms with Crippen LogP contribution in [0.25, 0.3) is 0 Å². The number of carbonyl (C=O) groups is 1. The van der Waals surface area contributed by atoms with Crippen molar-refractivity contribution in [3.63, 3.8) is 0 Å². The first-order valence-electron chi connectivity index (χ1n) is 4.84. The first-order valence-corrected chi connectivity index (χ1v) is 5.64. The molecule has 78 valence electrons. The molecule has 2 aliphatic rings. The van der Waals surface area contributed by atoms with Crippen LogP contribution in [0.15, 0.2) is 16.6 Å². The number of anilines is 1. The van der Waals surface area contributed by atoms with Crippen LogP contribution in [-0.4, -0.2) is 13.0 Å². The summed E-state index contributed by atoms with van der Waals surface area (Å²) in [4.78, 5) is 13.5. The Bertz CT molecular complexity index is 482. The highest BCUT2D eigenvalue weighted by atomic mass is 79.9. The lowest BCUT2D eigenvalue weighted by atomic mass is 9.97. The van der Waals surface area contributed by atoms with E-state index < -0.39 is 5.41 Å². The zero-order valence-electron chi connectivity index (χ0n) is 8.18. The fourth-order valence-electron chi connectivity index (χ4n) is 2.40. The van der Waals surface area contributed by atoms with Crippen LogP contribution < -0.4 is 4.90 Å². The van der Waals surface area contributed by atoms with Gasteiger partial charge in [-0.2, -0.15) is 0 Å². The molecule has 1 amide bonds. The van der Waals surface area contributed by atoms with E-state index in [9.17, 15) is 9.18 Å². The van der Waals surface area contributed by atoms with Gasteiger partial charge in [-0.3, -0.25) is 4.79 Å². The summed E-state index contributed by atoms with van der Waals surface area (Å²) in [7, 11) is 1.71. The van der Waals surface area contributed by atoms with Crippen LogP contribution in [-0.2, 0) is 10.2 Å². The summed E-state index contributed by atoms with van der Waals surface area (Å²) in [5.41, 5.74) is 0.778. The Labute approximate surface area is 95.2 Å². The fraction of sp³-hybridized carbons (Fsp3) is 0.364. The Hall–Kier alpha value is -0.900. The molecule has 0 atom stereocenters. The van der Waals surface area contributed by atoms with E-state index in [0.29, 0.717) is 10.0 Å². The van der Waals surface area contributed by atoms with Gasteiger partial charge in [0.1, 0.15) is 5.82 Å². The molecule has 1 aromatic carbocycles. The summed E-state index contributed by atoms with van der Waals surface area (Å²) in [6, 6.07) is 3.45. The standard InChI is InChI=1S/C11H9BrFNO/c1-14-7-3-2-6(12)9(13)8(7)11(4-5-11)10(14)15/h2-3H,4-5H2,1H3. The monoisotopic (exact) mass is 269 g/mol. The maximum absolute atomic E-state index is 14.0. The van der Waals surface area contributed by atoms with Gasteiger partial charge in [-0.05, 0) is 40.9 Å². The van der Waals surface area contributed by atoms with Crippen LogP contribution in [0.3, 0.4) is 0 Å². The molecular formula is C11H9BrFNO. The molecule has 0 saturated heterocycles. The van der Waals surface area contributed by atoms with E-state index in [1.165, 1.54) is 0 Å². The second-order valence-corrected chi connectivity index (χ2v) is 5.06. The molecule has 0 aromatic heterocycles. The SMILES string of the molecule is CN1C(=O)C2(CC2)c2c1ccc(Br)c2F. The first kappa shape index (κ1) is 9.33. The lowest BCUT2D eigenvalue weighted by Crippen LogP contribution is -2.28. The summed E-state index contributed by atoms with van der Waals surface area (Å²) in [6.45, 7) is 0. The van der Waals surface area contributed by atoms with Gasteiger partial charge in [-0.15, -0.1) is 0 Å². The molecule has 1 aliphatic carbocycles. The molecule has 15 heavy (non-hydrogen) atoms. The zero-order valence-corrected chi connectivity index (χ0v) is 9.77. The van der Waals surface area contributed by atoms with Gasteiger partial charge >= 0.3 is 0 Å². The Morgan fingerprint density at radius 2 is 2.13 bits per heavy atom. The third-order valence-electron chi connectivity index (χ3n) is 3.38. The van der Waals surface area contributed by atoms with Crippen LogP contribution in [0.1, 0.15) is 18.4 Å². The Morgan fingerprint density at radius 3 is 2.73 bits per heavy atom. The molecule has 1 fully saturated rings. The third-order valence-corrected chi connectivity index (χ3v) is 3.99. The normalized spacial score (nSPS) is 21.0. The highest BCUT2D eigenvalue weighted by Gasteiger charge is 2.60. The average Bonchev–Trinajstić information content (AvgIpc) is 2.97. The lowest BCUT2D eigenvalue weighted by Gasteiger charge is -2.09. The van der Waals surface area contributed by atoms with Gasteiger partial charge in [-0.25, -0.2) is 4.39 Å². The number of benzene rings is 1. The molecule has 0 unspecified atom stereocenters. The van der Waals surface area contributed by atoms with Crippen molar-refractivity contribution in [3.8, 4) is 0 Å². The number of rotatable bonds is 0. The topological polar surface area (TPSA) is 20.3 Å². The van der Waals surface area contributed by atoms with Crippen molar-refractivity contribution < 1.29 is 9.18 Å². The minimum absolute atomic E-state index is 0.0366. The smallest absolute Gasteiger partial charge is 0.237 e. The van der Waals surface area contributed by atoms with E-state index in [1.807, 2.05) is 0 Å². The van der Waals surface area contributed by atoms with Crippen molar-refractivity contribution in [1.29, 1.82) is 0 Å². The van der Waals surface area contributed by atoms with E-state index in [4.69, 9.17) is 0 Å². The Morgan fingerprint density at radius 1 is 1.47 bits per heavy atom.